The lowest BCUT2D eigenvalue weighted by atomic mass is 10.2. The molecule has 1 heterocycles. The van der Waals surface area contributed by atoms with Crippen LogP contribution in [0.5, 0.6) is 0 Å². The lowest BCUT2D eigenvalue weighted by Crippen LogP contribution is -2.12. The molecule has 1 aromatic heterocycles. The van der Waals surface area contributed by atoms with Gasteiger partial charge < -0.3 is 14.6 Å². The molecule has 0 aliphatic carbocycles. The molecule has 0 saturated carbocycles. The zero-order chi connectivity index (χ0) is 11.3. The van der Waals surface area contributed by atoms with E-state index in [-0.39, 0.29) is 0 Å². The van der Waals surface area contributed by atoms with Crippen LogP contribution >= 0.6 is 0 Å². The second-order valence-corrected chi connectivity index (χ2v) is 3.67. The minimum atomic E-state index is -0.932. The fourth-order valence-electron chi connectivity index (χ4n) is 1.35. The number of hydrogen-bond donors (Lipinski definition) is 2. The van der Waals surface area contributed by atoms with Gasteiger partial charge in [-0.3, -0.25) is 0 Å². The second kappa shape index (κ2) is 5.73. The second-order valence-electron chi connectivity index (χ2n) is 3.67. The minimum Gasteiger partial charge on any atom is -0.463 e. The number of aliphatic hydroxyl groups excluding tert-OH is 2. The fourth-order valence-corrected chi connectivity index (χ4v) is 1.35. The maximum absolute atomic E-state index is 9.52. The molecule has 0 unspecified atom stereocenters. The van der Waals surface area contributed by atoms with Gasteiger partial charge in [-0.15, -0.1) is 6.58 Å². The highest BCUT2D eigenvalue weighted by molar-refractivity contribution is 5.10. The lowest BCUT2D eigenvalue weighted by Gasteiger charge is -2.09. The Hall–Kier alpha value is -1.06. The molecule has 0 saturated heterocycles. The summed E-state index contributed by atoms with van der Waals surface area (Å²) in [4.78, 5) is 0. The topological polar surface area (TPSA) is 53.6 Å². The van der Waals surface area contributed by atoms with Gasteiger partial charge in [-0.2, -0.15) is 0 Å². The van der Waals surface area contributed by atoms with Crippen LogP contribution in [-0.4, -0.2) is 16.3 Å². The van der Waals surface area contributed by atoms with Gasteiger partial charge in [0.05, 0.1) is 6.10 Å². The molecule has 3 heteroatoms. The van der Waals surface area contributed by atoms with Crippen molar-refractivity contribution in [3.63, 3.8) is 0 Å². The number of hydrogen-bond acceptors (Lipinski definition) is 3. The molecule has 0 bridgehead atoms. The van der Waals surface area contributed by atoms with Crippen molar-refractivity contribution in [1.82, 2.24) is 0 Å². The van der Waals surface area contributed by atoms with Crippen LogP contribution in [0.4, 0.5) is 0 Å². The van der Waals surface area contributed by atoms with Crippen molar-refractivity contribution in [1.29, 1.82) is 0 Å². The molecule has 0 aliphatic rings. The van der Waals surface area contributed by atoms with E-state index in [1.54, 1.807) is 6.07 Å². The summed E-state index contributed by atoms with van der Waals surface area (Å²) >= 11 is 0. The standard InChI is InChI=1S/C12H18O3/c1-3-4-5-6-10-7-8-11(15-10)12(14)9(2)13/h3,7-9,12-14H,1,4-6H2,2H3/t9-,12-/m1/s1. The fraction of sp³-hybridized carbons (Fsp3) is 0.500. The quantitative estimate of drug-likeness (QED) is 0.559. The third kappa shape index (κ3) is 3.53. The summed E-state index contributed by atoms with van der Waals surface area (Å²) in [5, 5.41) is 18.7. The Bertz CT molecular complexity index is 302. The number of rotatable bonds is 6. The first kappa shape index (κ1) is 12.0. The van der Waals surface area contributed by atoms with Gasteiger partial charge in [0.25, 0.3) is 0 Å². The number of furan rings is 1. The van der Waals surface area contributed by atoms with E-state index in [4.69, 9.17) is 4.42 Å². The number of unbranched alkanes of at least 4 members (excludes halogenated alkanes) is 1. The SMILES string of the molecule is C=CCCCc1ccc([C@H](O)[C@@H](C)O)o1. The molecule has 1 rings (SSSR count). The minimum absolute atomic E-state index is 0.429. The summed E-state index contributed by atoms with van der Waals surface area (Å²) in [6.07, 6.45) is 2.90. The smallest absolute Gasteiger partial charge is 0.137 e. The van der Waals surface area contributed by atoms with Crippen LogP contribution in [0.15, 0.2) is 29.2 Å². The summed E-state index contributed by atoms with van der Waals surface area (Å²) in [6, 6.07) is 3.55. The van der Waals surface area contributed by atoms with Crippen LogP contribution in [0.1, 0.15) is 37.4 Å². The van der Waals surface area contributed by atoms with Gasteiger partial charge in [0.2, 0.25) is 0 Å². The van der Waals surface area contributed by atoms with Gasteiger partial charge in [0.1, 0.15) is 17.6 Å². The van der Waals surface area contributed by atoms with E-state index in [0.29, 0.717) is 5.76 Å². The van der Waals surface area contributed by atoms with E-state index >= 15 is 0 Å². The molecule has 3 nitrogen and oxygen atoms in total. The summed E-state index contributed by atoms with van der Waals surface area (Å²) in [7, 11) is 0. The maximum atomic E-state index is 9.52. The largest absolute Gasteiger partial charge is 0.463 e. The summed E-state index contributed by atoms with van der Waals surface area (Å²) in [5.41, 5.74) is 0. The molecule has 0 aromatic carbocycles. The third-order valence-corrected chi connectivity index (χ3v) is 2.26. The average Bonchev–Trinajstić information content (AvgIpc) is 2.65. The molecule has 2 atom stereocenters. The normalized spacial score (nSPS) is 14.9. The third-order valence-electron chi connectivity index (χ3n) is 2.26. The van der Waals surface area contributed by atoms with E-state index in [2.05, 4.69) is 6.58 Å². The summed E-state index contributed by atoms with van der Waals surface area (Å²) < 4.78 is 5.41. The molecule has 0 fully saturated rings. The van der Waals surface area contributed by atoms with E-state index in [9.17, 15) is 10.2 Å². The van der Waals surface area contributed by atoms with Crippen molar-refractivity contribution in [2.24, 2.45) is 0 Å². The number of aliphatic hydroxyl groups is 2. The molecule has 1 aromatic rings. The van der Waals surface area contributed by atoms with Crippen LogP contribution in [-0.2, 0) is 6.42 Å². The van der Waals surface area contributed by atoms with Crippen LogP contribution in [0.3, 0.4) is 0 Å². The van der Waals surface area contributed by atoms with Crippen LogP contribution in [0.25, 0.3) is 0 Å². The van der Waals surface area contributed by atoms with Gasteiger partial charge in [-0.25, -0.2) is 0 Å². The first-order valence-corrected chi connectivity index (χ1v) is 5.20. The molecule has 2 N–H and O–H groups in total. The molecular formula is C12H18O3. The van der Waals surface area contributed by atoms with Crippen molar-refractivity contribution < 1.29 is 14.6 Å². The van der Waals surface area contributed by atoms with E-state index in [1.807, 2.05) is 12.1 Å². The zero-order valence-electron chi connectivity index (χ0n) is 9.02. The number of aryl methyl sites for hydroxylation is 1. The Morgan fingerprint density at radius 1 is 1.47 bits per heavy atom. The zero-order valence-corrected chi connectivity index (χ0v) is 9.02. The highest BCUT2D eigenvalue weighted by Crippen LogP contribution is 2.20. The monoisotopic (exact) mass is 210 g/mol. The molecule has 15 heavy (non-hydrogen) atoms. The Morgan fingerprint density at radius 2 is 2.20 bits per heavy atom. The molecule has 0 aliphatic heterocycles. The van der Waals surface area contributed by atoms with Crippen LogP contribution in [0, 0.1) is 0 Å². The van der Waals surface area contributed by atoms with Crippen molar-refractivity contribution >= 4 is 0 Å². The molecule has 0 radical (unpaired) electrons. The van der Waals surface area contributed by atoms with Gasteiger partial charge in [0, 0.05) is 6.42 Å². The average molecular weight is 210 g/mol. The van der Waals surface area contributed by atoms with Gasteiger partial charge in [-0.1, -0.05) is 6.08 Å². The van der Waals surface area contributed by atoms with E-state index in [1.165, 1.54) is 6.92 Å². The highest BCUT2D eigenvalue weighted by Gasteiger charge is 2.17. The van der Waals surface area contributed by atoms with E-state index < -0.39 is 12.2 Å². The first-order valence-electron chi connectivity index (χ1n) is 5.20. The molecule has 0 amide bonds. The van der Waals surface area contributed by atoms with Crippen LogP contribution in [0.2, 0.25) is 0 Å². The van der Waals surface area contributed by atoms with Gasteiger partial charge in [-0.05, 0) is 31.9 Å². The Kier molecular flexibility index (Phi) is 4.59. The Morgan fingerprint density at radius 3 is 2.80 bits per heavy atom. The first-order chi connectivity index (χ1) is 7.15. The summed E-state index contributed by atoms with van der Waals surface area (Å²) in [5.74, 6) is 1.27. The summed E-state index contributed by atoms with van der Waals surface area (Å²) in [6.45, 7) is 5.18. The van der Waals surface area contributed by atoms with Crippen LogP contribution < -0.4 is 0 Å². The van der Waals surface area contributed by atoms with E-state index in [0.717, 1.165) is 25.0 Å². The predicted octanol–water partition coefficient (Wildman–Crippen LogP) is 2.20. The van der Waals surface area contributed by atoms with Gasteiger partial charge in [0.15, 0.2) is 0 Å². The molecular weight excluding hydrogens is 192 g/mol. The molecule has 0 spiro atoms. The number of allylic oxidation sites excluding steroid dienone is 1. The Balaban J connectivity index is 2.52. The van der Waals surface area contributed by atoms with Crippen molar-refractivity contribution in [2.75, 3.05) is 0 Å². The maximum Gasteiger partial charge on any atom is 0.137 e. The predicted molar refractivity (Wildman–Crippen MR) is 58.5 cm³/mol. The van der Waals surface area contributed by atoms with Gasteiger partial charge >= 0.3 is 0 Å². The lowest BCUT2D eigenvalue weighted by molar-refractivity contribution is 0.0162. The van der Waals surface area contributed by atoms with Crippen molar-refractivity contribution in [2.45, 2.75) is 38.4 Å². The highest BCUT2D eigenvalue weighted by atomic mass is 16.4. The molecule has 84 valence electrons. The van der Waals surface area contributed by atoms with Crippen molar-refractivity contribution in [3.8, 4) is 0 Å². The Labute approximate surface area is 90.0 Å². The van der Waals surface area contributed by atoms with Crippen molar-refractivity contribution in [3.05, 3.63) is 36.3 Å².